The lowest BCUT2D eigenvalue weighted by Gasteiger charge is -2.22. The number of hydrogen-bond acceptors (Lipinski definition) is 2. The maximum Gasteiger partial charge on any atom is 0.229 e. The van der Waals surface area contributed by atoms with Crippen LogP contribution in [0.4, 0.5) is 0 Å². The summed E-state index contributed by atoms with van der Waals surface area (Å²) in [5.74, 6) is -0.346. The van der Waals surface area contributed by atoms with E-state index in [-0.39, 0.29) is 24.2 Å². The number of hydrogen-bond donors (Lipinski definition) is 0. The maximum atomic E-state index is 12.5. The van der Waals surface area contributed by atoms with Gasteiger partial charge in [-0.25, -0.2) is 0 Å². The molecule has 0 heterocycles. The molecule has 2 aromatic rings. The molecule has 0 radical (unpaired) electrons. The van der Waals surface area contributed by atoms with Crippen molar-refractivity contribution >= 4 is 11.7 Å². The summed E-state index contributed by atoms with van der Waals surface area (Å²) in [4.78, 5) is 26.2. The first-order chi connectivity index (χ1) is 10.5. The van der Waals surface area contributed by atoms with E-state index in [1.807, 2.05) is 56.3 Å². The number of rotatable bonds is 5. The smallest absolute Gasteiger partial charge is 0.229 e. The van der Waals surface area contributed by atoms with Gasteiger partial charge in [-0.05, 0) is 25.0 Å². The standard InChI is InChI=1S/C19H21NO2/c1-14-9-7-8-12-17(14)15(2)19(22)20(3)13-18(21)16-10-5-4-6-11-16/h4-12,15H,13H2,1-3H3. The van der Waals surface area contributed by atoms with Crippen molar-refractivity contribution in [3.63, 3.8) is 0 Å². The van der Waals surface area contributed by atoms with E-state index in [9.17, 15) is 9.59 Å². The van der Waals surface area contributed by atoms with Gasteiger partial charge >= 0.3 is 0 Å². The van der Waals surface area contributed by atoms with Crippen LogP contribution in [0.3, 0.4) is 0 Å². The third-order valence-electron chi connectivity index (χ3n) is 3.88. The van der Waals surface area contributed by atoms with Crippen LogP contribution in [0.5, 0.6) is 0 Å². The van der Waals surface area contributed by atoms with Gasteiger partial charge in [-0.1, -0.05) is 54.6 Å². The Morgan fingerprint density at radius 1 is 1.00 bits per heavy atom. The summed E-state index contributed by atoms with van der Waals surface area (Å²) in [7, 11) is 1.68. The predicted octanol–water partition coefficient (Wildman–Crippen LogP) is 3.44. The molecule has 1 unspecified atom stereocenters. The van der Waals surface area contributed by atoms with E-state index in [1.165, 1.54) is 4.90 Å². The Hall–Kier alpha value is -2.42. The molecular weight excluding hydrogens is 274 g/mol. The van der Waals surface area contributed by atoms with E-state index in [4.69, 9.17) is 0 Å². The summed E-state index contributed by atoms with van der Waals surface area (Å²) < 4.78 is 0. The first-order valence-electron chi connectivity index (χ1n) is 7.39. The Morgan fingerprint density at radius 3 is 2.23 bits per heavy atom. The Morgan fingerprint density at radius 2 is 1.59 bits per heavy atom. The quantitative estimate of drug-likeness (QED) is 0.792. The van der Waals surface area contributed by atoms with Crippen LogP contribution in [0.15, 0.2) is 54.6 Å². The molecular formula is C19H21NO2. The molecule has 0 fully saturated rings. The number of ketones is 1. The molecule has 114 valence electrons. The summed E-state index contributed by atoms with van der Waals surface area (Å²) >= 11 is 0. The monoisotopic (exact) mass is 295 g/mol. The van der Waals surface area contributed by atoms with Crippen molar-refractivity contribution in [2.24, 2.45) is 0 Å². The number of carbonyl (C=O) groups is 2. The number of Topliss-reactive ketones (excluding diaryl/α,β-unsaturated/α-hetero) is 1. The molecule has 0 aliphatic carbocycles. The van der Waals surface area contributed by atoms with Crippen molar-refractivity contribution < 1.29 is 9.59 Å². The van der Waals surface area contributed by atoms with Gasteiger partial charge in [0, 0.05) is 12.6 Å². The number of amides is 1. The lowest BCUT2D eigenvalue weighted by molar-refractivity contribution is -0.130. The van der Waals surface area contributed by atoms with Crippen molar-refractivity contribution in [1.82, 2.24) is 4.90 Å². The van der Waals surface area contributed by atoms with Crippen LogP contribution in [0.25, 0.3) is 0 Å². The molecule has 0 spiro atoms. The third-order valence-corrected chi connectivity index (χ3v) is 3.88. The van der Waals surface area contributed by atoms with Crippen LogP contribution in [-0.4, -0.2) is 30.2 Å². The van der Waals surface area contributed by atoms with Crippen LogP contribution in [-0.2, 0) is 4.79 Å². The van der Waals surface area contributed by atoms with Crippen LogP contribution in [0.1, 0.15) is 34.3 Å². The van der Waals surface area contributed by atoms with Crippen LogP contribution in [0, 0.1) is 6.92 Å². The summed E-state index contributed by atoms with van der Waals surface area (Å²) in [5.41, 5.74) is 2.73. The number of nitrogens with zero attached hydrogens (tertiary/aromatic N) is 1. The third kappa shape index (κ3) is 3.61. The molecule has 3 heteroatoms. The molecule has 3 nitrogen and oxygen atoms in total. The fourth-order valence-electron chi connectivity index (χ4n) is 2.54. The van der Waals surface area contributed by atoms with E-state index in [0.29, 0.717) is 5.56 Å². The predicted molar refractivity (Wildman–Crippen MR) is 88.0 cm³/mol. The molecule has 2 aromatic carbocycles. The number of aryl methyl sites for hydroxylation is 1. The Bertz CT molecular complexity index is 664. The van der Waals surface area contributed by atoms with E-state index < -0.39 is 0 Å². The summed E-state index contributed by atoms with van der Waals surface area (Å²) in [6.45, 7) is 3.97. The van der Waals surface area contributed by atoms with Crippen molar-refractivity contribution in [3.8, 4) is 0 Å². The van der Waals surface area contributed by atoms with E-state index in [0.717, 1.165) is 11.1 Å². The Labute approximate surface area is 131 Å². The number of benzene rings is 2. The molecule has 1 atom stereocenters. The molecule has 0 N–H and O–H groups in total. The van der Waals surface area contributed by atoms with Crippen molar-refractivity contribution in [2.75, 3.05) is 13.6 Å². The zero-order chi connectivity index (χ0) is 16.1. The second-order valence-corrected chi connectivity index (χ2v) is 5.56. The van der Waals surface area contributed by atoms with Crippen molar-refractivity contribution in [2.45, 2.75) is 19.8 Å². The molecule has 1 amide bonds. The van der Waals surface area contributed by atoms with Gasteiger partial charge in [0.2, 0.25) is 5.91 Å². The SMILES string of the molecule is Cc1ccccc1C(C)C(=O)N(C)CC(=O)c1ccccc1. The fraction of sp³-hybridized carbons (Fsp3) is 0.263. The lowest BCUT2D eigenvalue weighted by atomic mass is 9.95. The maximum absolute atomic E-state index is 12.5. The fourth-order valence-corrected chi connectivity index (χ4v) is 2.54. The minimum Gasteiger partial charge on any atom is -0.338 e. The number of likely N-dealkylation sites (N-methyl/N-ethyl adjacent to an activating group) is 1. The topological polar surface area (TPSA) is 37.4 Å². The highest BCUT2D eigenvalue weighted by Gasteiger charge is 2.22. The zero-order valence-corrected chi connectivity index (χ0v) is 13.2. The van der Waals surface area contributed by atoms with E-state index >= 15 is 0 Å². The molecule has 0 aromatic heterocycles. The Balaban J connectivity index is 2.06. The Kier molecular flexibility index (Phi) is 5.10. The summed E-state index contributed by atoms with van der Waals surface area (Å²) in [5, 5.41) is 0. The largest absolute Gasteiger partial charge is 0.338 e. The highest BCUT2D eigenvalue weighted by atomic mass is 16.2. The molecule has 2 rings (SSSR count). The first-order valence-corrected chi connectivity index (χ1v) is 7.39. The van der Waals surface area contributed by atoms with Gasteiger partial charge in [0.05, 0.1) is 12.5 Å². The van der Waals surface area contributed by atoms with Crippen molar-refractivity contribution in [3.05, 3.63) is 71.3 Å². The van der Waals surface area contributed by atoms with Crippen LogP contribution < -0.4 is 0 Å². The summed E-state index contributed by atoms with van der Waals surface area (Å²) in [6, 6.07) is 16.9. The zero-order valence-electron chi connectivity index (χ0n) is 13.2. The van der Waals surface area contributed by atoms with Gasteiger partial charge in [0.15, 0.2) is 5.78 Å². The molecule has 22 heavy (non-hydrogen) atoms. The second-order valence-electron chi connectivity index (χ2n) is 5.56. The van der Waals surface area contributed by atoms with Gasteiger partial charge < -0.3 is 4.90 Å². The highest BCUT2D eigenvalue weighted by Crippen LogP contribution is 2.21. The summed E-state index contributed by atoms with van der Waals surface area (Å²) in [6.07, 6.45) is 0. The minimum absolute atomic E-state index is 0.0430. The molecule has 0 bridgehead atoms. The normalized spacial score (nSPS) is 11.8. The second kappa shape index (κ2) is 7.03. The average Bonchev–Trinajstić information content (AvgIpc) is 2.54. The molecule has 0 saturated carbocycles. The molecule has 0 aliphatic heterocycles. The highest BCUT2D eigenvalue weighted by molar-refractivity contribution is 5.99. The van der Waals surface area contributed by atoms with Gasteiger partial charge in [-0.3, -0.25) is 9.59 Å². The van der Waals surface area contributed by atoms with E-state index in [2.05, 4.69) is 0 Å². The van der Waals surface area contributed by atoms with Crippen LogP contribution in [0.2, 0.25) is 0 Å². The minimum atomic E-state index is -0.255. The average molecular weight is 295 g/mol. The van der Waals surface area contributed by atoms with Gasteiger partial charge in [-0.2, -0.15) is 0 Å². The molecule has 0 aliphatic rings. The van der Waals surface area contributed by atoms with Gasteiger partial charge in [-0.15, -0.1) is 0 Å². The van der Waals surface area contributed by atoms with Crippen LogP contribution >= 0.6 is 0 Å². The van der Waals surface area contributed by atoms with Crippen molar-refractivity contribution in [1.29, 1.82) is 0 Å². The van der Waals surface area contributed by atoms with Gasteiger partial charge in [0.1, 0.15) is 0 Å². The number of carbonyl (C=O) groups excluding carboxylic acids is 2. The van der Waals surface area contributed by atoms with E-state index in [1.54, 1.807) is 19.2 Å². The van der Waals surface area contributed by atoms with Gasteiger partial charge in [0.25, 0.3) is 0 Å². The lowest BCUT2D eigenvalue weighted by Crippen LogP contribution is -2.35. The molecule has 0 saturated heterocycles. The first kappa shape index (κ1) is 16.0.